The Hall–Kier alpha value is -3.35. The maximum atomic E-state index is 12.5. The summed E-state index contributed by atoms with van der Waals surface area (Å²) in [6, 6.07) is 9.04. The summed E-state index contributed by atoms with van der Waals surface area (Å²) < 4.78 is 11.9. The molecule has 0 atom stereocenters. The van der Waals surface area contributed by atoms with Crippen LogP contribution in [-0.4, -0.2) is 22.1 Å². The average molecular weight is 337 g/mol. The summed E-state index contributed by atoms with van der Waals surface area (Å²) in [4.78, 5) is 29.1. The van der Waals surface area contributed by atoms with Gasteiger partial charge in [-0.25, -0.2) is 4.98 Å². The molecule has 0 bridgehead atoms. The minimum absolute atomic E-state index is 0.00356. The van der Waals surface area contributed by atoms with Crippen molar-refractivity contribution in [1.82, 2.24) is 14.7 Å². The Bertz CT molecular complexity index is 1040. The Balaban J connectivity index is 1.56. The number of carbonyl (C=O) groups is 1. The molecule has 1 aliphatic rings. The monoisotopic (exact) mass is 337 g/mol. The molecule has 7 heteroatoms. The minimum atomic E-state index is -0.467. The molecule has 1 amide bonds. The van der Waals surface area contributed by atoms with Crippen molar-refractivity contribution in [3.8, 4) is 11.5 Å². The van der Waals surface area contributed by atoms with Crippen LogP contribution in [-0.2, 0) is 6.54 Å². The molecule has 2 aromatic heterocycles. The molecule has 0 fully saturated rings. The molecule has 4 rings (SSSR count). The van der Waals surface area contributed by atoms with Crippen molar-refractivity contribution in [3.05, 3.63) is 69.8 Å². The van der Waals surface area contributed by atoms with Crippen LogP contribution < -0.4 is 20.3 Å². The zero-order valence-electron chi connectivity index (χ0n) is 13.5. The number of rotatable bonds is 3. The lowest BCUT2D eigenvalue weighted by molar-refractivity contribution is 0.0948. The van der Waals surface area contributed by atoms with Gasteiger partial charge in [-0.1, -0.05) is 12.1 Å². The number of aryl methyl sites for hydroxylation is 1. The third kappa shape index (κ3) is 2.69. The quantitative estimate of drug-likeness (QED) is 0.786. The fraction of sp³-hybridized carbons (Fsp3) is 0.167. The van der Waals surface area contributed by atoms with E-state index in [0.29, 0.717) is 17.1 Å². The average Bonchev–Trinajstić information content (AvgIpc) is 3.08. The van der Waals surface area contributed by atoms with Crippen LogP contribution >= 0.6 is 0 Å². The van der Waals surface area contributed by atoms with Crippen LogP contribution in [0, 0.1) is 6.92 Å². The summed E-state index contributed by atoms with van der Waals surface area (Å²) in [5.41, 5.74) is 1.87. The number of amides is 1. The number of benzene rings is 1. The van der Waals surface area contributed by atoms with Crippen molar-refractivity contribution in [3.63, 3.8) is 0 Å². The zero-order chi connectivity index (χ0) is 17.4. The van der Waals surface area contributed by atoms with E-state index in [-0.39, 0.29) is 18.9 Å². The van der Waals surface area contributed by atoms with E-state index in [9.17, 15) is 9.59 Å². The molecule has 0 saturated heterocycles. The van der Waals surface area contributed by atoms with E-state index >= 15 is 0 Å². The molecule has 0 saturated carbocycles. The molecule has 3 heterocycles. The molecule has 0 radical (unpaired) electrons. The summed E-state index contributed by atoms with van der Waals surface area (Å²) in [5.74, 6) is 0.864. The number of pyridine rings is 1. The summed E-state index contributed by atoms with van der Waals surface area (Å²) in [6.07, 6.45) is 2.92. The van der Waals surface area contributed by atoms with Crippen molar-refractivity contribution in [2.75, 3.05) is 6.79 Å². The number of ether oxygens (including phenoxy) is 2. The van der Waals surface area contributed by atoms with E-state index in [0.717, 1.165) is 11.1 Å². The zero-order valence-corrected chi connectivity index (χ0v) is 13.5. The van der Waals surface area contributed by atoms with Gasteiger partial charge in [0.2, 0.25) is 6.79 Å². The summed E-state index contributed by atoms with van der Waals surface area (Å²) in [5, 5.41) is 2.74. The molecule has 0 spiro atoms. The summed E-state index contributed by atoms with van der Waals surface area (Å²) in [6.45, 7) is 2.33. The first-order valence-electron chi connectivity index (χ1n) is 7.77. The molecular formula is C18H15N3O4. The summed E-state index contributed by atoms with van der Waals surface area (Å²) >= 11 is 0. The Morgan fingerprint density at radius 3 is 3.00 bits per heavy atom. The molecule has 3 aromatic rings. The molecule has 1 aliphatic heterocycles. The Morgan fingerprint density at radius 1 is 1.28 bits per heavy atom. The van der Waals surface area contributed by atoms with Crippen molar-refractivity contribution in [1.29, 1.82) is 0 Å². The second-order valence-electron chi connectivity index (χ2n) is 5.73. The predicted octanol–water partition coefficient (Wildman–Crippen LogP) is 1.66. The first-order valence-corrected chi connectivity index (χ1v) is 7.77. The van der Waals surface area contributed by atoms with Crippen LogP contribution in [0.25, 0.3) is 5.65 Å². The van der Waals surface area contributed by atoms with Crippen LogP contribution in [0.4, 0.5) is 0 Å². The Morgan fingerprint density at radius 2 is 2.12 bits per heavy atom. The van der Waals surface area contributed by atoms with Gasteiger partial charge in [-0.05, 0) is 36.2 Å². The third-order valence-electron chi connectivity index (χ3n) is 4.06. The van der Waals surface area contributed by atoms with Crippen molar-refractivity contribution < 1.29 is 14.3 Å². The Labute approximate surface area is 142 Å². The van der Waals surface area contributed by atoms with Gasteiger partial charge in [-0.2, -0.15) is 0 Å². The molecule has 25 heavy (non-hydrogen) atoms. The van der Waals surface area contributed by atoms with Crippen LogP contribution in [0.5, 0.6) is 11.5 Å². The fourth-order valence-corrected chi connectivity index (χ4v) is 2.73. The van der Waals surface area contributed by atoms with Gasteiger partial charge in [0, 0.05) is 18.9 Å². The highest BCUT2D eigenvalue weighted by Crippen LogP contribution is 2.32. The minimum Gasteiger partial charge on any atom is -0.454 e. The van der Waals surface area contributed by atoms with Crippen LogP contribution in [0.15, 0.2) is 47.5 Å². The number of nitrogens with zero attached hydrogens (tertiary/aromatic N) is 2. The largest absolute Gasteiger partial charge is 0.454 e. The van der Waals surface area contributed by atoms with Crippen molar-refractivity contribution >= 4 is 11.6 Å². The molecule has 1 aromatic carbocycles. The van der Waals surface area contributed by atoms with Gasteiger partial charge in [0.15, 0.2) is 11.5 Å². The number of carbonyl (C=O) groups excluding carboxylic acids is 1. The van der Waals surface area contributed by atoms with E-state index in [2.05, 4.69) is 10.3 Å². The number of nitrogens with one attached hydrogen (secondary N) is 1. The topological polar surface area (TPSA) is 81.9 Å². The van der Waals surface area contributed by atoms with Gasteiger partial charge in [0.25, 0.3) is 11.5 Å². The highest BCUT2D eigenvalue weighted by atomic mass is 16.7. The van der Waals surface area contributed by atoms with E-state index in [1.807, 2.05) is 19.1 Å². The summed E-state index contributed by atoms with van der Waals surface area (Å²) in [7, 11) is 0. The van der Waals surface area contributed by atoms with Gasteiger partial charge >= 0.3 is 0 Å². The lowest BCUT2D eigenvalue weighted by atomic mass is 10.2. The number of fused-ring (bicyclic) bond motifs is 2. The molecule has 126 valence electrons. The number of hydrogen-bond donors (Lipinski definition) is 1. The van der Waals surface area contributed by atoms with Crippen molar-refractivity contribution in [2.24, 2.45) is 0 Å². The first-order chi connectivity index (χ1) is 12.1. The highest BCUT2D eigenvalue weighted by Gasteiger charge is 2.16. The predicted molar refractivity (Wildman–Crippen MR) is 89.9 cm³/mol. The molecule has 0 aliphatic carbocycles. The van der Waals surface area contributed by atoms with Gasteiger partial charge in [-0.3, -0.25) is 14.0 Å². The van der Waals surface area contributed by atoms with Crippen LogP contribution in [0.2, 0.25) is 0 Å². The van der Waals surface area contributed by atoms with Gasteiger partial charge in [-0.15, -0.1) is 0 Å². The smallest absolute Gasteiger partial charge is 0.270 e. The maximum Gasteiger partial charge on any atom is 0.270 e. The molecule has 7 nitrogen and oxygen atoms in total. The van der Waals surface area contributed by atoms with E-state index in [4.69, 9.17) is 9.47 Å². The molecule has 1 N–H and O–H groups in total. The van der Waals surface area contributed by atoms with Gasteiger partial charge in [0.1, 0.15) is 11.2 Å². The normalized spacial score (nSPS) is 12.4. The molecule has 0 unspecified atom stereocenters. The lowest BCUT2D eigenvalue weighted by Gasteiger charge is -2.08. The SMILES string of the molecule is Cc1cccn2c(=O)c(C(=O)NCc3ccc4c(c3)OCO4)cnc12. The maximum absolute atomic E-state index is 12.5. The second kappa shape index (κ2) is 5.94. The standard InChI is InChI=1S/C18H15N3O4/c1-11-3-2-6-21-16(11)19-9-13(18(21)23)17(22)20-8-12-4-5-14-15(7-12)25-10-24-14/h2-7,9H,8,10H2,1H3,(H,20,22). The van der Waals surface area contributed by atoms with Crippen LogP contribution in [0.1, 0.15) is 21.5 Å². The van der Waals surface area contributed by atoms with E-state index < -0.39 is 11.5 Å². The van der Waals surface area contributed by atoms with Gasteiger partial charge in [0.05, 0.1) is 0 Å². The van der Waals surface area contributed by atoms with E-state index in [1.165, 1.54) is 10.6 Å². The third-order valence-corrected chi connectivity index (χ3v) is 4.06. The van der Waals surface area contributed by atoms with Crippen LogP contribution in [0.3, 0.4) is 0 Å². The first kappa shape index (κ1) is 15.2. The highest BCUT2D eigenvalue weighted by molar-refractivity contribution is 5.93. The number of hydrogen-bond acceptors (Lipinski definition) is 5. The number of aromatic nitrogens is 2. The molecular weight excluding hydrogens is 322 g/mol. The van der Waals surface area contributed by atoms with E-state index in [1.54, 1.807) is 24.4 Å². The lowest BCUT2D eigenvalue weighted by Crippen LogP contribution is -2.31. The van der Waals surface area contributed by atoms with Crippen molar-refractivity contribution in [2.45, 2.75) is 13.5 Å². The van der Waals surface area contributed by atoms with Gasteiger partial charge < -0.3 is 14.8 Å². The Kier molecular flexibility index (Phi) is 3.61. The fourth-order valence-electron chi connectivity index (χ4n) is 2.73. The second-order valence-corrected chi connectivity index (χ2v) is 5.73.